The van der Waals surface area contributed by atoms with Crippen molar-refractivity contribution in [1.82, 2.24) is 0 Å². The molecule has 0 aliphatic heterocycles. The van der Waals surface area contributed by atoms with Crippen LogP contribution < -0.4 is 0 Å². The minimum Gasteiger partial charge on any atom is -0.469 e. The van der Waals surface area contributed by atoms with Gasteiger partial charge in [0.05, 0.1) is 26.1 Å². The van der Waals surface area contributed by atoms with Crippen molar-refractivity contribution in [1.29, 1.82) is 0 Å². The van der Waals surface area contributed by atoms with Crippen LogP contribution in [0.5, 0.6) is 0 Å². The number of methoxy groups -OCH3 is 2. The number of esters is 2. The van der Waals surface area contributed by atoms with Crippen LogP contribution in [0.25, 0.3) is 0 Å². The first-order chi connectivity index (χ1) is 7.19. The van der Waals surface area contributed by atoms with Gasteiger partial charge in [-0.05, 0) is 18.3 Å². The zero-order valence-corrected chi connectivity index (χ0v) is 8.80. The van der Waals surface area contributed by atoms with E-state index in [1.165, 1.54) is 14.2 Å². The number of rotatable bonds is 2. The highest BCUT2D eigenvalue weighted by atomic mass is 16.5. The van der Waals surface area contributed by atoms with E-state index >= 15 is 0 Å². The van der Waals surface area contributed by atoms with E-state index in [0.29, 0.717) is 0 Å². The second-order valence-electron chi connectivity index (χ2n) is 4.05. The Bertz CT molecular complexity index is 291. The molecule has 15 heavy (non-hydrogen) atoms. The highest BCUT2D eigenvalue weighted by Crippen LogP contribution is 2.48. The summed E-state index contributed by atoms with van der Waals surface area (Å²) < 4.78 is 9.46. The van der Waals surface area contributed by atoms with Gasteiger partial charge in [-0.3, -0.25) is 9.59 Å². The van der Waals surface area contributed by atoms with Crippen molar-refractivity contribution in [2.45, 2.75) is 6.42 Å². The summed E-state index contributed by atoms with van der Waals surface area (Å²) in [6.45, 7) is 0. The van der Waals surface area contributed by atoms with Gasteiger partial charge in [0.2, 0.25) is 0 Å². The molecule has 0 aromatic rings. The second kappa shape index (κ2) is 3.68. The molecule has 0 amide bonds. The Morgan fingerprint density at radius 3 is 1.73 bits per heavy atom. The normalized spacial score (nSPS) is 36.7. The summed E-state index contributed by atoms with van der Waals surface area (Å²) in [7, 11) is 2.71. The molecule has 0 N–H and O–H groups in total. The molecule has 2 aliphatic carbocycles. The highest BCUT2D eigenvalue weighted by molar-refractivity contribution is 5.84. The van der Waals surface area contributed by atoms with E-state index in [2.05, 4.69) is 0 Å². The summed E-state index contributed by atoms with van der Waals surface area (Å²) >= 11 is 0. The van der Waals surface area contributed by atoms with Gasteiger partial charge in [0, 0.05) is 0 Å². The van der Waals surface area contributed by atoms with E-state index in [1.807, 2.05) is 12.2 Å². The summed E-state index contributed by atoms with van der Waals surface area (Å²) in [5.74, 6) is -1.02. The maximum Gasteiger partial charge on any atom is 0.310 e. The first-order valence-corrected chi connectivity index (χ1v) is 5.03. The van der Waals surface area contributed by atoms with Crippen LogP contribution in [-0.2, 0) is 19.1 Å². The zero-order chi connectivity index (χ0) is 11.0. The molecule has 0 saturated heterocycles. The van der Waals surface area contributed by atoms with Crippen LogP contribution in [0.15, 0.2) is 12.2 Å². The fourth-order valence-corrected chi connectivity index (χ4v) is 2.74. The SMILES string of the molecule is COC(=O)[C@@H]1[C@H](C(=O)OC)[C@H]2C=C[C@H]1C2. The van der Waals surface area contributed by atoms with Gasteiger partial charge in [-0.15, -0.1) is 0 Å². The van der Waals surface area contributed by atoms with Crippen molar-refractivity contribution in [3.8, 4) is 0 Å². The Balaban J connectivity index is 2.24. The topological polar surface area (TPSA) is 52.6 Å². The van der Waals surface area contributed by atoms with Crippen molar-refractivity contribution >= 4 is 11.9 Å². The molecular weight excluding hydrogens is 196 g/mol. The maximum atomic E-state index is 11.6. The van der Waals surface area contributed by atoms with E-state index in [9.17, 15) is 9.59 Å². The summed E-state index contributed by atoms with van der Waals surface area (Å²) in [5, 5.41) is 0. The summed E-state index contributed by atoms with van der Waals surface area (Å²) in [6.07, 6.45) is 4.87. The van der Waals surface area contributed by atoms with Gasteiger partial charge in [0.15, 0.2) is 0 Å². The summed E-state index contributed by atoms with van der Waals surface area (Å²) in [4.78, 5) is 23.1. The van der Waals surface area contributed by atoms with E-state index in [-0.39, 0.29) is 35.6 Å². The number of carbonyl (C=O) groups excluding carboxylic acids is 2. The number of allylic oxidation sites excluding steroid dienone is 2. The monoisotopic (exact) mass is 210 g/mol. The van der Waals surface area contributed by atoms with Gasteiger partial charge >= 0.3 is 11.9 Å². The van der Waals surface area contributed by atoms with Crippen LogP contribution >= 0.6 is 0 Å². The molecule has 0 aromatic heterocycles. The molecule has 0 radical (unpaired) electrons. The first kappa shape index (κ1) is 10.2. The third-order valence-electron chi connectivity index (χ3n) is 3.41. The third-order valence-corrected chi connectivity index (χ3v) is 3.41. The van der Waals surface area contributed by atoms with Crippen molar-refractivity contribution in [2.75, 3.05) is 14.2 Å². The molecule has 82 valence electrons. The standard InChI is InChI=1S/C11H14O4/c1-14-10(12)8-6-3-4-7(5-6)9(8)11(13)15-2/h3-4,6-9H,5H2,1-2H3/t6-,7-,8-,9+/m0/s1. The molecule has 1 saturated carbocycles. The lowest BCUT2D eigenvalue weighted by atomic mass is 9.83. The molecule has 4 heteroatoms. The van der Waals surface area contributed by atoms with E-state index in [0.717, 1.165) is 6.42 Å². The van der Waals surface area contributed by atoms with Gasteiger partial charge in [0.1, 0.15) is 0 Å². The van der Waals surface area contributed by atoms with E-state index < -0.39 is 0 Å². The summed E-state index contributed by atoms with van der Waals surface area (Å²) in [6, 6.07) is 0. The van der Waals surface area contributed by atoms with Gasteiger partial charge < -0.3 is 9.47 Å². The van der Waals surface area contributed by atoms with Crippen LogP contribution in [-0.4, -0.2) is 26.2 Å². The molecular formula is C11H14O4. The minimum absolute atomic E-state index is 0.145. The van der Waals surface area contributed by atoms with Crippen molar-refractivity contribution < 1.29 is 19.1 Å². The van der Waals surface area contributed by atoms with Crippen molar-refractivity contribution in [2.24, 2.45) is 23.7 Å². The van der Waals surface area contributed by atoms with Gasteiger partial charge in [0.25, 0.3) is 0 Å². The Morgan fingerprint density at radius 1 is 1.00 bits per heavy atom. The molecule has 0 aromatic carbocycles. The lowest BCUT2D eigenvalue weighted by Crippen LogP contribution is -2.34. The Kier molecular flexibility index (Phi) is 2.50. The highest BCUT2D eigenvalue weighted by Gasteiger charge is 2.52. The fraction of sp³-hybridized carbons (Fsp3) is 0.636. The number of hydrogen-bond acceptors (Lipinski definition) is 4. The van der Waals surface area contributed by atoms with Gasteiger partial charge in [-0.25, -0.2) is 0 Å². The Morgan fingerprint density at radius 2 is 1.40 bits per heavy atom. The predicted octanol–water partition coefficient (Wildman–Crippen LogP) is 0.771. The average Bonchev–Trinajstić information content (AvgIpc) is 2.86. The molecule has 0 unspecified atom stereocenters. The van der Waals surface area contributed by atoms with E-state index in [1.54, 1.807) is 0 Å². The molecule has 4 nitrogen and oxygen atoms in total. The second-order valence-corrected chi connectivity index (χ2v) is 4.05. The van der Waals surface area contributed by atoms with Gasteiger partial charge in [-0.2, -0.15) is 0 Å². The van der Waals surface area contributed by atoms with Crippen LogP contribution in [0, 0.1) is 23.7 Å². The van der Waals surface area contributed by atoms with Crippen LogP contribution in [0.4, 0.5) is 0 Å². The molecule has 1 fully saturated rings. The molecule has 2 bridgehead atoms. The quantitative estimate of drug-likeness (QED) is 0.499. The van der Waals surface area contributed by atoms with Gasteiger partial charge in [-0.1, -0.05) is 12.2 Å². The lowest BCUT2D eigenvalue weighted by Gasteiger charge is -2.23. The molecule has 4 atom stereocenters. The van der Waals surface area contributed by atoms with Crippen LogP contribution in [0.2, 0.25) is 0 Å². The predicted molar refractivity (Wildman–Crippen MR) is 51.7 cm³/mol. The molecule has 0 heterocycles. The third kappa shape index (κ3) is 1.44. The average molecular weight is 210 g/mol. The summed E-state index contributed by atoms with van der Waals surface area (Å²) in [5.41, 5.74) is 0. The maximum absolute atomic E-state index is 11.6. The smallest absolute Gasteiger partial charge is 0.310 e. The number of hydrogen-bond donors (Lipinski definition) is 0. The fourth-order valence-electron chi connectivity index (χ4n) is 2.74. The van der Waals surface area contributed by atoms with Crippen molar-refractivity contribution in [3.05, 3.63) is 12.2 Å². The Labute approximate surface area is 88.2 Å². The molecule has 2 aliphatic rings. The number of ether oxygens (including phenoxy) is 2. The number of fused-ring (bicyclic) bond motifs is 2. The van der Waals surface area contributed by atoms with E-state index in [4.69, 9.17) is 9.47 Å². The van der Waals surface area contributed by atoms with Crippen LogP contribution in [0.3, 0.4) is 0 Å². The minimum atomic E-state index is -0.350. The molecule has 2 rings (SSSR count). The largest absolute Gasteiger partial charge is 0.469 e. The zero-order valence-electron chi connectivity index (χ0n) is 8.80. The molecule has 0 spiro atoms. The van der Waals surface area contributed by atoms with Crippen molar-refractivity contribution in [3.63, 3.8) is 0 Å². The first-order valence-electron chi connectivity index (χ1n) is 5.03. The lowest BCUT2D eigenvalue weighted by molar-refractivity contribution is -0.158. The van der Waals surface area contributed by atoms with Crippen LogP contribution in [0.1, 0.15) is 6.42 Å². The number of carbonyl (C=O) groups is 2. The Hall–Kier alpha value is -1.32.